The number of benzene rings is 4. The molecule has 0 unspecified atom stereocenters. The van der Waals surface area contributed by atoms with Crippen molar-refractivity contribution in [1.29, 1.82) is 0 Å². The van der Waals surface area contributed by atoms with Gasteiger partial charge in [-0.3, -0.25) is 0 Å². The first-order chi connectivity index (χ1) is 15.1. The van der Waals surface area contributed by atoms with Crippen LogP contribution in [0, 0.1) is 0 Å². The summed E-state index contributed by atoms with van der Waals surface area (Å²) in [6.45, 7) is 0.514. The van der Waals surface area contributed by atoms with Crippen LogP contribution in [0.15, 0.2) is 98.3 Å². The van der Waals surface area contributed by atoms with Crippen LogP contribution in [0.5, 0.6) is 0 Å². The Hall–Kier alpha value is -1.92. The molecule has 0 saturated carbocycles. The topological polar surface area (TPSA) is 32.3 Å². The maximum Gasteiger partial charge on any atom is 0.0604 e. The van der Waals surface area contributed by atoms with E-state index in [0.29, 0.717) is 6.54 Å². The molecule has 0 bridgehead atoms. The van der Waals surface area contributed by atoms with Crippen molar-refractivity contribution >= 4 is 53.5 Å². The van der Waals surface area contributed by atoms with Crippen molar-refractivity contribution in [3.63, 3.8) is 0 Å². The molecule has 156 valence electrons. The molecule has 31 heavy (non-hydrogen) atoms. The fourth-order valence-electron chi connectivity index (χ4n) is 3.65. The lowest BCUT2D eigenvalue weighted by Crippen LogP contribution is -2.08. The molecule has 4 aromatic carbocycles. The standard InChI is InChI=1S/C26H20Br3NO/c27-23-10-4-1-7-18(23)17-15-21(19-8-2-5-11-24(19)28)26(30-13-14-31)22(16-17)20-9-3-6-12-25(20)29/h1-12,15-16,30-31H,13-14H2. The van der Waals surface area contributed by atoms with Crippen molar-refractivity contribution in [3.8, 4) is 33.4 Å². The van der Waals surface area contributed by atoms with E-state index in [2.05, 4.69) is 89.5 Å². The van der Waals surface area contributed by atoms with E-state index in [0.717, 1.165) is 52.5 Å². The highest BCUT2D eigenvalue weighted by molar-refractivity contribution is 9.11. The second-order valence-electron chi connectivity index (χ2n) is 7.04. The van der Waals surface area contributed by atoms with E-state index < -0.39 is 0 Å². The molecule has 4 aromatic rings. The van der Waals surface area contributed by atoms with Crippen LogP contribution in [0.3, 0.4) is 0 Å². The second kappa shape index (κ2) is 10.1. The van der Waals surface area contributed by atoms with Crippen LogP contribution in [0.4, 0.5) is 5.69 Å². The largest absolute Gasteiger partial charge is 0.395 e. The first kappa shape index (κ1) is 22.3. The SMILES string of the molecule is OCCNc1c(-c2ccccc2Br)cc(-c2ccccc2Br)cc1-c1ccccc1Br. The van der Waals surface area contributed by atoms with E-state index >= 15 is 0 Å². The average molecular weight is 602 g/mol. The Morgan fingerprint density at radius 2 is 1.00 bits per heavy atom. The van der Waals surface area contributed by atoms with Crippen LogP contribution < -0.4 is 5.32 Å². The van der Waals surface area contributed by atoms with Gasteiger partial charge in [-0.1, -0.05) is 102 Å². The van der Waals surface area contributed by atoms with Gasteiger partial charge in [0.25, 0.3) is 0 Å². The number of hydrogen-bond donors (Lipinski definition) is 2. The van der Waals surface area contributed by atoms with E-state index in [1.165, 1.54) is 0 Å². The van der Waals surface area contributed by atoms with Crippen molar-refractivity contribution in [1.82, 2.24) is 0 Å². The summed E-state index contributed by atoms with van der Waals surface area (Å²) in [6.07, 6.45) is 0. The van der Waals surface area contributed by atoms with Gasteiger partial charge in [0.2, 0.25) is 0 Å². The van der Waals surface area contributed by atoms with Crippen molar-refractivity contribution in [2.75, 3.05) is 18.5 Å². The van der Waals surface area contributed by atoms with Gasteiger partial charge in [0.15, 0.2) is 0 Å². The Labute approximate surface area is 207 Å². The lowest BCUT2D eigenvalue weighted by molar-refractivity contribution is 0.311. The van der Waals surface area contributed by atoms with Gasteiger partial charge in [0.05, 0.1) is 12.3 Å². The summed E-state index contributed by atoms with van der Waals surface area (Å²) in [4.78, 5) is 0. The molecular formula is C26H20Br3NO. The van der Waals surface area contributed by atoms with Crippen LogP contribution in [0.2, 0.25) is 0 Å². The number of anilines is 1. The monoisotopic (exact) mass is 599 g/mol. The molecule has 0 aliphatic heterocycles. The molecule has 0 atom stereocenters. The molecule has 0 spiro atoms. The smallest absolute Gasteiger partial charge is 0.0604 e. The van der Waals surface area contributed by atoms with Gasteiger partial charge in [-0.25, -0.2) is 0 Å². The highest BCUT2D eigenvalue weighted by Crippen LogP contribution is 2.45. The summed E-state index contributed by atoms with van der Waals surface area (Å²) >= 11 is 11.2. The number of halogens is 3. The van der Waals surface area contributed by atoms with E-state index in [1.54, 1.807) is 0 Å². The zero-order chi connectivity index (χ0) is 21.8. The summed E-state index contributed by atoms with van der Waals surface area (Å²) < 4.78 is 3.08. The predicted octanol–water partition coefficient (Wildman–Crippen LogP) is 8.38. The fraction of sp³-hybridized carbons (Fsp3) is 0.0769. The van der Waals surface area contributed by atoms with Crippen molar-refractivity contribution in [3.05, 3.63) is 98.3 Å². The van der Waals surface area contributed by atoms with E-state index in [9.17, 15) is 5.11 Å². The number of hydrogen-bond acceptors (Lipinski definition) is 2. The number of rotatable bonds is 6. The molecule has 0 aliphatic carbocycles. The minimum Gasteiger partial charge on any atom is -0.395 e. The predicted molar refractivity (Wildman–Crippen MR) is 141 cm³/mol. The molecular weight excluding hydrogens is 582 g/mol. The molecule has 2 nitrogen and oxygen atoms in total. The van der Waals surface area contributed by atoms with Crippen molar-refractivity contribution < 1.29 is 5.11 Å². The summed E-state index contributed by atoms with van der Waals surface area (Å²) in [6, 6.07) is 29.1. The third kappa shape index (κ3) is 4.80. The molecule has 0 heterocycles. The Bertz CT molecular complexity index is 1160. The summed E-state index contributed by atoms with van der Waals surface area (Å²) in [5.41, 5.74) is 7.54. The van der Waals surface area contributed by atoms with Crippen LogP contribution in [0.1, 0.15) is 0 Å². The Balaban J connectivity index is 2.08. The van der Waals surface area contributed by atoms with Gasteiger partial charge in [0.1, 0.15) is 0 Å². The van der Waals surface area contributed by atoms with E-state index in [4.69, 9.17) is 0 Å². The van der Waals surface area contributed by atoms with E-state index in [-0.39, 0.29) is 6.61 Å². The molecule has 4 rings (SSSR count). The molecule has 5 heteroatoms. The minimum absolute atomic E-state index is 0.0524. The zero-order valence-electron chi connectivity index (χ0n) is 16.6. The van der Waals surface area contributed by atoms with Gasteiger partial charge in [-0.2, -0.15) is 0 Å². The number of aliphatic hydroxyl groups excluding tert-OH is 1. The number of aliphatic hydroxyl groups is 1. The second-order valence-corrected chi connectivity index (χ2v) is 9.60. The normalized spacial score (nSPS) is 10.8. The highest BCUT2D eigenvalue weighted by Gasteiger charge is 2.18. The Morgan fingerprint density at radius 3 is 1.42 bits per heavy atom. The van der Waals surface area contributed by atoms with Crippen molar-refractivity contribution in [2.45, 2.75) is 0 Å². The average Bonchev–Trinajstić information content (AvgIpc) is 2.78. The van der Waals surface area contributed by atoms with E-state index in [1.807, 2.05) is 48.5 Å². The van der Waals surface area contributed by atoms with Gasteiger partial charge in [0, 0.05) is 31.1 Å². The van der Waals surface area contributed by atoms with Gasteiger partial charge in [-0.15, -0.1) is 0 Å². The third-order valence-electron chi connectivity index (χ3n) is 5.06. The van der Waals surface area contributed by atoms with Gasteiger partial charge < -0.3 is 10.4 Å². The highest BCUT2D eigenvalue weighted by atomic mass is 79.9. The molecule has 0 amide bonds. The first-order valence-corrected chi connectivity index (χ1v) is 12.3. The first-order valence-electron chi connectivity index (χ1n) is 9.87. The third-order valence-corrected chi connectivity index (χ3v) is 7.14. The summed E-state index contributed by atoms with van der Waals surface area (Å²) in [7, 11) is 0. The maximum absolute atomic E-state index is 9.54. The molecule has 0 aromatic heterocycles. The fourth-order valence-corrected chi connectivity index (χ4v) is 5.16. The van der Waals surface area contributed by atoms with Crippen LogP contribution in [-0.2, 0) is 0 Å². The van der Waals surface area contributed by atoms with Crippen LogP contribution in [0.25, 0.3) is 33.4 Å². The van der Waals surface area contributed by atoms with Crippen LogP contribution >= 0.6 is 47.8 Å². The van der Waals surface area contributed by atoms with Crippen molar-refractivity contribution in [2.24, 2.45) is 0 Å². The maximum atomic E-state index is 9.54. The quantitative estimate of drug-likeness (QED) is 0.233. The molecule has 2 N–H and O–H groups in total. The zero-order valence-corrected chi connectivity index (χ0v) is 21.3. The Morgan fingerprint density at radius 1 is 0.581 bits per heavy atom. The lowest BCUT2D eigenvalue weighted by atomic mass is 9.91. The molecule has 0 fully saturated rings. The molecule has 0 aliphatic rings. The van der Waals surface area contributed by atoms with Gasteiger partial charge in [-0.05, 0) is 52.6 Å². The molecule has 0 saturated heterocycles. The molecule has 0 radical (unpaired) electrons. The summed E-state index contributed by atoms with van der Waals surface area (Å²) in [5.74, 6) is 0. The summed E-state index contributed by atoms with van der Waals surface area (Å²) in [5, 5.41) is 13.0. The van der Waals surface area contributed by atoms with Crippen LogP contribution in [-0.4, -0.2) is 18.3 Å². The Kier molecular flexibility index (Phi) is 7.28. The van der Waals surface area contributed by atoms with Gasteiger partial charge >= 0.3 is 0 Å². The lowest BCUT2D eigenvalue weighted by Gasteiger charge is -2.21. The minimum atomic E-state index is 0.0524. The number of nitrogens with one attached hydrogen (secondary N) is 1.